The van der Waals surface area contributed by atoms with Crippen LogP contribution < -0.4 is 20.3 Å². The summed E-state index contributed by atoms with van der Waals surface area (Å²) in [5, 5.41) is 4.22. The molecule has 0 saturated carbocycles. The Hall–Kier alpha value is -3.97. The lowest BCUT2D eigenvalue weighted by molar-refractivity contribution is 0.209. The summed E-state index contributed by atoms with van der Waals surface area (Å²) in [5.41, 5.74) is 3.58. The first-order valence-corrected chi connectivity index (χ1v) is 11.9. The van der Waals surface area contributed by atoms with Gasteiger partial charge in [-0.2, -0.15) is 0 Å². The predicted molar refractivity (Wildman–Crippen MR) is 143 cm³/mol. The van der Waals surface area contributed by atoms with Crippen molar-refractivity contribution in [1.29, 1.82) is 0 Å². The van der Waals surface area contributed by atoms with Crippen LogP contribution in [-0.2, 0) is 13.0 Å². The number of hydrogen-bond acceptors (Lipinski definition) is 4. The molecule has 36 heavy (non-hydrogen) atoms. The van der Waals surface area contributed by atoms with Crippen LogP contribution in [0.2, 0.25) is 5.02 Å². The van der Waals surface area contributed by atoms with Crippen LogP contribution in [0.25, 0.3) is 10.9 Å². The molecular formula is C28H28ClN3O4. The van der Waals surface area contributed by atoms with Gasteiger partial charge in [-0.1, -0.05) is 41.4 Å². The lowest BCUT2D eigenvalue weighted by Gasteiger charge is -2.24. The van der Waals surface area contributed by atoms with Crippen LogP contribution in [0.5, 0.6) is 11.5 Å². The fourth-order valence-electron chi connectivity index (χ4n) is 4.00. The van der Waals surface area contributed by atoms with Crippen molar-refractivity contribution in [2.45, 2.75) is 19.9 Å². The van der Waals surface area contributed by atoms with Gasteiger partial charge < -0.3 is 24.7 Å². The number of pyridine rings is 1. The highest BCUT2D eigenvalue weighted by Gasteiger charge is 2.18. The molecule has 1 heterocycles. The maximum Gasteiger partial charge on any atom is 0.322 e. The number of urea groups is 1. The van der Waals surface area contributed by atoms with Crippen molar-refractivity contribution in [2.24, 2.45) is 0 Å². The molecule has 2 amide bonds. The van der Waals surface area contributed by atoms with Crippen LogP contribution in [0.3, 0.4) is 0 Å². The Morgan fingerprint density at radius 3 is 2.53 bits per heavy atom. The average Bonchev–Trinajstić information content (AvgIpc) is 2.88. The Balaban J connectivity index is 1.62. The van der Waals surface area contributed by atoms with E-state index in [1.54, 1.807) is 43.4 Å². The van der Waals surface area contributed by atoms with Gasteiger partial charge in [0.05, 0.1) is 31.5 Å². The maximum atomic E-state index is 13.3. The summed E-state index contributed by atoms with van der Waals surface area (Å²) in [5.74, 6) is 1.25. The van der Waals surface area contributed by atoms with E-state index in [2.05, 4.69) is 10.3 Å². The largest absolute Gasteiger partial charge is 0.493 e. The molecule has 0 aliphatic heterocycles. The van der Waals surface area contributed by atoms with Gasteiger partial charge in [0, 0.05) is 17.6 Å². The van der Waals surface area contributed by atoms with Gasteiger partial charge >= 0.3 is 6.03 Å². The normalized spacial score (nSPS) is 10.8. The molecular weight excluding hydrogens is 478 g/mol. The molecule has 2 N–H and O–H groups in total. The van der Waals surface area contributed by atoms with Gasteiger partial charge in [0.2, 0.25) is 0 Å². The Morgan fingerprint density at radius 1 is 1.00 bits per heavy atom. The number of amides is 2. The number of anilines is 1. The van der Waals surface area contributed by atoms with Crippen molar-refractivity contribution >= 4 is 34.2 Å². The van der Waals surface area contributed by atoms with Crippen LogP contribution in [0.15, 0.2) is 71.5 Å². The third-order valence-corrected chi connectivity index (χ3v) is 6.29. The van der Waals surface area contributed by atoms with Gasteiger partial charge in [-0.15, -0.1) is 0 Å². The van der Waals surface area contributed by atoms with Gasteiger partial charge in [-0.05, 0) is 66.8 Å². The zero-order chi connectivity index (χ0) is 25.7. The molecule has 0 radical (unpaired) electrons. The molecule has 0 atom stereocenters. The molecule has 4 aromatic rings. The standard InChI is InChI=1S/C28H28ClN3O4/c1-18-8-10-23-20(14-18)16-21(27(33)30-23)17-32(28(34)31-24-7-5-4-6-22(24)29)13-12-19-9-11-25(35-2)26(15-19)36-3/h4-11,14-16H,12-13,17H2,1-3H3,(H,30,33)(H,31,34). The number of rotatable bonds is 8. The maximum absolute atomic E-state index is 13.3. The molecule has 0 unspecified atom stereocenters. The molecule has 0 fully saturated rings. The summed E-state index contributed by atoms with van der Waals surface area (Å²) in [6.45, 7) is 2.48. The molecule has 0 spiro atoms. The lowest BCUT2D eigenvalue weighted by atomic mass is 10.1. The zero-order valence-corrected chi connectivity index (χ0v) is 21.2. The number of methoxy groups -OCH3 is 2. The van der Waals surface area contributed by atoms with Crippen LogP contribution >= 0.6 is 11.6 Å². The summed E-state index contributed by atoms with van der Waals surface area (Å²) in [7, 11) is 3.17. The number of carbonyl (C=O) groups is 1. The number of nitrogens with one attached hydrogen (secondary N) is 2. The number of H-pyrrole nitrogens is 1. The molecule has 186 valence electrons. The van der Waals surface area contributed by atoms with E-state index in [0.717, 1.165) is 22.0 Å². The molecule has 7 nitrogen and oxygen atoms in total. The van der Waals surface area contributed by atoms with Gasteiger partial charge in [0.25, 0.3) is 5.56 Å². The fourth-order valence-corrected chi connectivity index (χ4v) is 4.19. The second kappa shape index (κ2) is 11.2. The lowest BCUT2D eigenvalue weighted by Crippen LogP contribution is -2.37. The Morgan fingerprint density at radius 2 is 1.78 bits per heavy atom. The smallest absolute Gasteiger partial charge is 0.322 e. The highest BCUT2D eigenvalue weighted by molar-refractivity contribution is 6.33. The molecule has 8 heteroatoms. The molecule has 3 aromatic carbocycles. The van der Waals surface area contributed by atoms with E-state index < -0.39 is 0 Å². The molecule has 0 saturated heterocycles. The number of hydrogen-bond donors (Lipinski definition) is 2. The first-order valence-electron chi connectivity index (χ1n) is 11.5. The number of nitrogens with zero attached hydrogens (tertiary/aromatic N) is 1. The number of benzene rings is 3. The summed E-state index contributed by atoms with van der Waals surface area (Å²) in [6, 6.07) is 20.0. The van der Waals surface area contributed by atoms with Crippen LogP contribution in [0, 0.1) is 6.92 Å². The summed E-state index contributed by atoms with van der Waals surface area (Å²) in [6.07, 6.45) is 0.543. The van der Waals surface area contributed by atoms with E-state index in [9.17, 15) is 9.59 Å². The van der Waals surface area contributed by atoms with E-state index in [-0.39, 0.29) is 18.1 Å². The minimum atomic E-state index is -0.354. The van der Waals surface area contributed by atoms with Crippen molar-refractivity contribution in [1.82, 2.24) is 9.88 Å². The van der Waals surface area contributed by atoms with E-state index in [0.29, 0.717) is 40.7 Å². The highest BCUT2D eigenvalue weighted by Crippen LogP contribution is 2.28. The van der Waals surface area contributed by atoms with E-state index in [4.69, 9.17) is 21.1 Å². The van der Waals surface area contributed by atoms with Crippen molar-refractivity contribution in [3.05, 3.63) is 98.8 Å². The molecule has 1 aromatic heterocycles. The number of aromatic nitrogens is 1. The third-order valence-electron chi connectivity index (χ3n) is 5.96. The summed E-state index contributed by atoms with van der Waals surface area (Å²) < 4.78 is 10.7. The van der Waals surface area contributed by atoms with E-state index >= 15 is 0 Å². The first kappa shape index (κ1) is 25.1. The zero-order valence-electron chi connectivity index (χ0n) is 20.4. The Bertz CT molecular complexity index is 1450. The molecule has 0 bridgehead atoms. The number of fused-ring (bicyclic) bond motifs is 1. The van der Waals surface area contributed by atoms with Crippen molar-refractivity contribution in [3.8, 4) is 11.5 Å². The monoisotopic (exact) mass is 505 g/mol. The number of carbonyl (C=O) groups excluding carboxylic acids is 1. The second-order valence-electron chi connectivity index (χ2n) is 8.49. The molecule has 0 aliphatic rings. The molecule has 0 aliphatic carbocycles. The Kier molecular flexibility index (Phi) is 7.80. The third kappa shape index (κ3) is 5.80. The second-order valence-corrected chi connectivity index (χ2v) is 8.89. The van der Waals surface area contributed by atoms with Gasteiger partial charge in [-0.3, -0.25) is 4.79 Å². The van der Waals surface area contributed by atoms with Crippen LogP contribution in [0.4, 0.5) is 10.5 Å². The predicted octanol–water partition coefficient (Wildman–Crippen LogP) is 5.78. The fraction of sp³-hybridized carbons (Fsp3) is 0.214. The van der Waals surface area contributed by atoms with Crippen molar-refractivity contribution < 1.29 is 14.3 Å². The SMILES string of the molecule is COc1ccc(CCN(Cc2cc3cc(C)ccc3[nH]c2=O)C(=O)Nc2ccccc2Cl)cc1OC. The number of para-hydroxylation sites is 1. The molecule has 4 rings (SSSR count). The van der Waals surface area contributed by atoms with Gasteiger partial charge in [-0.25, -0.2) is 4.79 Å². The van der Waals surface area contributed by atoms with E-state index in [1.807, 2.05) is 49.4 Å². The first-order chi connectivity index (χ1) is 17.4. The number of halogens is 1. The highest BCUT2D eigenvalue weighted by atomic mass is 35.5. The van der Waals surface area contributed by atoms with Crippen molar-refractivity contribution in [2.75, 3.05) is 26.1 Å². The van der Waals surface area contributed by atoms with Crippen LogP contribution in [0.1, 0.15) is 16.7 Å². The number of aryl methyl sites for hydroxylation is 1. The summed E-state index contributed by atoms with van der Waals surface area (Å²) in [4.78, 5) is 30.7. The number of aromatic amines is 1. The van der Waals surface area contributed by atoms with Crippen molar-refractivity contribution in [3.63, 3.8) is 0 Å². The average molecular weight is 506 g/mol. The van der Waals surface area contributed by atoms with E-state index in [1.165, 1.54) is 0 Å². The van der Waals surface area contributed by atoms with Crippen LogP contribution in [-0.4, -0.2) is 36.7 Å². The minimum Gasteiger partial charge on any atom is -0.493 e. The Labute approximate surface area is 214 Å². The topological polar surface area (TPSA) is 83.7 Å². The minimum absolute atomic E-state index is 0.128. The van der Waals surface area contributed by atoms with Gasteiger partial charge in [0.1, 0.15) is 0 Å². The van der Waals surface area contributed by atoms with Gasteiger partial charge in [0.15, 0.2) is 11.5 Å². The quantitative estimate of drug-likeness (QED) is 0.318. The number of ether oxygens (including phenoxy) is 2. The summed E-state index contributed by atoms with van der Waals surface area (Å²) >= 11 is 6.26.